The van der Waals surface area contributed by atoms with Crippen LogP contribution >= 0.6 is 0 Å². The number of benzene rings is 1. The summed E-state index contributed by atoms with van der Waals surface area (Å²) in [4.78, 5) is 26.4. The average Bonchev–Trinajstić information content (AvgIpc) is 2.46. The normalized spacial score (nSPS) is 16.9. The fourth-order valence-corrected chi connectivity index (χ4v) is 2.67. The number of carbonyl (C=O) groups is 2. The molecule has 1 amide bonds. The number of Topliss-reactive ketones (excluding diaryl/α,β-unsaturated/α-hetero) is 1. The van der Waals surface area contributed by atoms with Crippen LogP contribution in [0.2, 0.25) is 0 Å². The van der Waals surface area contributed by atoms with E-state index in [1.54, 1.807) is 0 Å². The smallest absolute Gasteiger partial charge is 0.227 e. The molecule has 0 radical (unpaired) electrons. The lowest BCUT2D eigenvalue weighted by atomic mass is 9.87. The van der Waals surface area contributed by atoms with E-state index in [0.29, 0.717) is 31.5 Å². The molecule has 1 aromatic rings. The van der Waals surface area contributed by atoms with Crippen LogP contribution in [0.4, 0.5) is 4.39 Å². The van der Waals surface area contributed by atoms with E-state index in [4.69, 9.17) is 0 Å². The monoisotopic (exact) mass is 291 g/mol. The molecule has 0 saturated carbocycles. The van der Waals surface area contributed by atoms with Crippen LogP contribution in [0.3, 0.4) is 0 Å². The summed E-state index contributed by atoms with van der Waals surface area (Å²) in [6.45, 7) is 6.96. The maximum Gasteiger partial charge on any atom is 0.227 e. The first-order valence-corrected chi connectivity index (χ1v) is 7.38. The van der Waals surface area contributed by atoms with Crippen LogP contribution < -0.4 is 0 Å². The molecule has 0 aromatic heterocycles. The molecule has 1 aromatic carbocycles. The Morgan fingerprint density at radius 3 is 2.10 bits per heavy atom. The van der Waals surface area contributed by atoms with Gasteiger partial charge in [-0.05, 0) is 37.1 Å². The second kappa shape index (κ2) is 5.96. The molecule has 2 rings (SSSR count). The minimum atomic E-state index is -0.381. The number of rotatable bonds is 2. The standard InChI is InChI=1S/C17H22FNO2/c1-17(2,3)16(21)19-10-8-13(9-11-19)15(20)12-4-6-14(18)7-5-12/h4-7,13H,8-11H2,1-3H3. The van der Waals surface area contributed by atoms with Gasteiger partial charge in [0.25, 0.3) is 0 Å². The molecule has 3 nitrogen and oxygen atoms in total. The maximum atomic E-state index is 12.9. The van der Waals surface area contributed by atoms with E-state index in [1.807, 2.05) is 25.7 Å². The molecule has 0 atom stereocenters. The van der Waals surface area contributed by atoms with Crippen molar-refractivity contribution in [1.29, 1.82) is 0 Å². The average molecular weight is 291 g/mol. The molecule has 0 bridgehead atoms. The summed E-state index contributed by atoms with van der Waals surface area (Å²) in [6.07, 6.45) is 1.36. The number of piperidine rings is 1. The van der Waals surface area contributed by atoms with Gasteiger partial charge in [-0.2, -0.15) is 0 Å². The van der Waals surface area contributed by atoms with E-state index in [0.717, 1.165) is 0 Å². The predicted octanol–water partition coefficient (Wildman–Crippen LogP) is 3.29. The lowest BCUT2D eigenvalue weighted by molar-refractivity contribution is -0.140. The van der Waals surface area contributed by atoms with Gasteiger partial charge in [-0.3, -0.25) is 9.59 Å². The van der Waals surface area contributed by atoms with Gasteiger partial charge >= 0.3 is 0 Å². The SMILES string of the molecule is CC(C)(C)C(=O)N1CCC(C(=O)c2ccc(F)cc2)CC1. The van der Waals surface area contributed by atoms with Gasteiger partial charge in [0.1, 0.15) is 5.82 Å². The van der Waals surface area contributed by atoms with Gasteiger partial charge in [0.15, 0.2) is 5.78 Å². The number of nitrogens with zero attached hydrogens (tertiary/aromatic N) is 1. The fourth-order valence-electron chi connectivity index (χ4n) is 2.67. The molecule has 1 heterocycles. The third kappa shape index (κ3) is 3.69. The Bertz CT molecular complexity index is 523. The molecule has 4 heteroatoms. The summed E-state index contributed by atoms with van der Waals surface area (Å²) in [5.41, 5.74) is 0.172. The summed E-state index contributed by atoms with van der Waals surface area (Å²) in [7, 11) is 0. The molecular weight excluding hydrogens is 269 g/mol. The van der Waals surface area contributed by atoms with E-state index in [2.05, 4.69) is 0 Å². The number of amides is 1. The number of carbonyl (C=O) groups excluding carboxylic acids is 2. The highest BCUT2D eigenvalue weighted by Crippen LogP contribution is 2.25. The van der Waals surface area contributed by atoms with Crippen molar-refractivity contribution in [3.63, 3.8) is 0 Å². The van der Waals surface area contributed by atoms with Gasteiger partial charge in [0, 0.05) is 30.0 Å². The summed E-state index contributed by atoms with van der Waals surface area (Å²) >= 11 is 0. The van der Waals surface area contributed by atoms with Gasteiger partial charge in [-0.1, -0.05) is 20.8 Å². The molecule has 21 heavy (non-hydrogen) atoms. The molecule has 1 aliphatic rings. The van der Waals surface area contributed by atoms with Crippen LogP contribution in [0.1, 0.15) is 44.0 Å². The van der Waals surface area contributed by atoms with Crippen LogP contribution in [-0.2, 0) is 4.79 Å². The van der Waals surface area contributed by atoms with Crippen molar-refractivity contribution in [2.75, 3.05) is 13.1 Å². The number of hydrogen-bond donors (Lipinski definition) is 0. The number of ketones is 1. The third-order valence-corrected chi connectivity index (χ3v) is 3.92. The fraction of sp³-hybridized carbons (Fsp3) is 0.529. The molecule has 1 fully saturated rings. The number of likely N-dealkylation sites (tertiary alicyclic amines) is 1. The largest absolute Gasteiger partial charge is 0.342 e. The van der Waals surface area contributed by atoms with Gasteiger partial charge in [0.05, 0.1) is 0 Å². The van der Waals surface area contributed by atoms with Crippen LogP contribution in [-0.4, -0.2) is 29.7 Å². The van der Waals surface area contributed by atoms with Gasteiger partial charge < -0.3 is 4.90 Å². The Hall–Kier alpha value is -1.71. The highest BCUT2D eigenvalue weighted by atomic mass is 19.1. The first kappa shape index (κ1) is 15.7. The zero-order valence-corrected chi connectivity index (χ0v) is 12.9. The van der Waals surface area contributed by atoms with Crippen molar-refractivity contribution in [2.24, 2.45) is 11.3 Å². The van der Waals surface area contributed by atoms with E-state index in [1.165, 1.54) is 24.3 Å². The number of halogens is 1. The Labute approximate surface area is 125 Å². The molecule has 0 N–H and O–H groups in total. The number of hydrogen-bond acceptors (Lipinski definition) is 2. The maximum absolute atomic E-state index is 12.9. The van der Waals surface area contributed by atoms with Crippen molar-refractivity contribution < 1.29 is 14.0 Å². The Morgan fingerprint density at radius 1 is 1.10 bits per heavy atom. The van der Waals surface area contributed by atoms with Crippen LogP contribution in [0.15, 0.2) is 24.3 Å². The summed E-state index contributed by atoms with van der Waals surface area (Å²) in [6, 6.07) is 5.69. The molecule has 1 saturated heterocycles. The zero-order valence-electron chi connectivity index (χ0n) is 12.9. The molecule has 0 unspecified atom stereocenters. The van der Waals surface area contributed by atoms with E-state index in [9.17, 15) is 14.0 Å². The van der Waals surface area contributed by atoms with Gasteiger partial charge in [-0.25, -0.2) is 4.39 Å². The van der Waals surface area contributed by atoms with Crippen molar-refractivity contribution >= 4 is 11.7 Å². The van der Waals surface area contributed by atoms with Gasteiger partial charge in [-0.15, -0.1) is 0 Å². The summed E-state index contributed by atoms with van der Waals surface area (Å²) < 4.78 is 12.9. The third-order valence-electron chi connectivity index (χ3n) is 3.92. The van der Waals surface area contributed by atoms with E-state index >= 15 is 0 Å². The quantitative estimate of drug-likeness (QED) is 0.784. The van der Waals surface area contributed by atoms with Gasteiger partial charge in [0.2, 0.25) is 5.91 Å². The Balaban J connectivity index is 1.96. The van der Waals surface area contributed by atoms with Crippen LogP contribution in [0.25, 0.3) is 0 Å². The zero-order chi connectivity index (χ0) is 15.6. The van der Waals surface area contributed by atoms with Crippen molar-refractivity contribution in [3.05, 3.63) is 35.6 Å². The van der Waals surface area contributed by atoms with Crippen molar-refractivity contribution in [3.8, 4) is 0 Å². The molecular formula is C17H22FNO2. The molecule has 0 aliphatic carbocycles. The second-order valence-electron chi connectivity index (χ2n) is 6.69. The lowest BCUT2D eigenvalue weighted by Gasteiger charge is -2.35. The summed E-state index contributed by atoms with van der Waals surface area (Å²) in [5, 5.41) is 0. The van der Waals surface area contributed by atoms with Crippen LogP contribution in [0.5, 0.6) is 0 Å². The molecule has 1 aliphatic heterocycles. The first-order chi connectivity index (χ1) is 9.79. The van der Waals surface area contributed by atoms with E-state index in [-0.39, 0.29) is 28.8 Å². The minimum Gasteiger partial charge on any atom is -0.342 e. The minimum absolute atomic E-state index is 0.0536. The Kier molecular flexibility index (Phi) is 4.45. The predicted molar refractivity (Wildman–Crippen MR) is 79.5 cm³/mol. The highest BCUT2D eigenvalue weighted by molar-refractivity contribution is 5.98. The van der Waals surface area contributed by atoms with Crippen molar-refractivity contribution in [1.82, 2.24) is 4.90 Å². The molecule has 0 spiro atoms. The lowest BCUT2D eigenvalue weighted by Crippen LogP contribution is -2.45. The second-order valence-corrected chi connectivity index (χ2v) is 6.69. The topological polar surface area (TPSA) is 37.4 Å². The first-order valence-electron chi connectivity index (χ1n) is 7.38. The van der Waals surface area contributed by atoms with Crippen molar-refractivity contribution in [2.45, 2.75) is 33.6 Å². The highest BCUT2D eigenvalue weighted by Gasteiger charge is 2.32. The molecule has 114 valence electrons. The van der Waals surface area contributed by atoms with Crippen LogP contribution in [0, 0.1) is 17.2 Å². The Morgan fingerprint density at radius 2 is 1.62 bits per heavy atom. The van der Waals surface area contributed by atoms with E-state index < -0.39 is 0 Å². The summed E-state index contributed by atoms with van der Waals surface area (Å²) in [5.74, 6) is -0.218.